The Balaban J connectivity index is 2.45. The van der Waals surface area contributed by atoms with Gasteiger partial charge in [0.2, 0.25) is 0 Å². The van der Waals surface area contributed by atoms with Gasteiger partial charge in [0.25, 0.3) is 0 Å². The molecule has 0 spiro atoms. The number of likely N-dealkylation sites (N-methyl/N-ethyl adjacent to an activating group) is 1. The monoisotopic (exact) mass is 349 g/mol. The SMILES string of the molecule is CN1CC(C(Cl)Cl)c2c1cc(O)c1cccc(C(F)(F)F)c21. The van der Waals surface area contributed by atoms with Gasteiger partial charge in [0.05, 0.1) is 5.56 Å². The Morgan fingerprint density at radius 1 is 1.32 bits per heavy atom. The number of hydrogen-bond acceptors (Lipinski definition) is 2. The average molecular weight is 350 g/mol. The minimum absolute atomic E-state index is 0.0225. The Labute approximate surface area is 135 Å². The Morgan fingerprint density at radius 2 is 2.00 bits per heavy atom. The number of phenols is 1. The molecule has 2 aromatic rings. The smallest absolute Gasteiger partial charge is 0.417 e. The van der Waals surface area contributed by atoms with Crippen LogP contribution in [0.4, 0.5) is 18.9 Å². The summed E-state index contributed by atoms with van der Waals surface area (Å²) < 4.78 is 40.1. The van der Waals surface area contributed by atoms with E-state index in [4.69, 9.17) is 23.2 Å². The molecule has 0 aliphatic carbocycles. The van der Waals surface area contributed by atoms with E-state index < -0.39 is 22.5 Å². The molecular weight excluding hydrogens is 338 g/mol. The highest BCUT2D eigenvalue weighted by atomic mass is 35.5. The fraction of sp³-hybridized carbons (Fsp3) is 0.333. The van der Waals surface area contributed by atoms with Crippen molar-refractivity contribution in [3.8, 4) is 5.75 Å². The molecule has 0 saturated heterocycles. The zero-order valence-electron chi connectivity index (χ0n) is 11.5. The average Bonchev–Trinajstić information content (AvgIpc) is 2.75. The second-order valence-corrected chi connectivity index (χ2v) is 6.54. The third-order valence-corrected chi connectivity index (χ3v) is 4.63. The maximum absolute atomic E-state index is 13.4. The van der Waals surface area contributed by atoms with Crippen LogP contribution in [0.1, 0.15) is 17.0 Å². The lowest BCUT2D eigenvalue weighted by atomic mass is 9.91. The first kappa shape index (κ1) is 15.6. The Morgan fingerprint density at radius 3 is 2.59 bits per heavy atom. The molecule has 0 saturated carbocycles. The van der Waals surface area contributed by atoms with Gasteiger partial charge >= 0.3 is 6.18 Å². The van der Waals surface area contributed by atoms with Crippen LogP contribution in [0.2, 0.25) is 0 Å². The summed E-state index contributed by atoms with van der Waals surface area (Å²) in [6.45, 7) is 0.401. The molecule has 1 unspecified atom stereocenters. The van der Waals surface area contributed by atoms with Crippen LogP contribution < -0.4 is 4.90 Å². The molecule has 0 aromatic heterocycles. The molecule has 0 bridgehead atoms. The van der Waals surface area contributed by atoms with E-state index in [1.54, 1.807) is 11.9 Å². The summed E-state index contributed by atoms with van der Waals surface area (Å²) in [6, 6.07) is 5.22. The maximum Gasteiger partial charge on any atom is 0.417 e. The van der Waals surface area contributed by atoms with E-state index in [1.807, 2.05) is 0 Å². The van der Waals surface area contributed by atoms with Crippen LogP contribution in [-0.4, -0.2) is 23.5 Å². The molecule has 1 heterocycles. The predicted octanol–water partition coefficient (Wildman–Crippen LogP) is 4.90. The van der Waals surface area contributed by atoms with Gasteiger partial charge in [-0.1, -0.05) is 12.1 Å². The summed E-state index contributed by atoms with van der Waals surface area (Å²) in [5.41, 5.74) is 0.183. The fourth-order valence-electron chi connectivity index (χ4n) is 3.09. The van der Waals surface area contributed by atoms with Crippen molar-refractivity contribution in [2.75, 3.05) is 18.5 Å². The van der Waals surface area contributed by atoms with E-state index >= 15 is 0 Å². The highest BCUT2D eigenvalue weighted by Crippen LogP contribution is 2.50. The van der Waals surface area contributed by atoms with Crippen molar-refractivity contribution in [3.63, 3.8) is 0 Å². The largest absolute Gasteiger partial charge is 0.507 e. The molecule has 1 aliphatic rings. The van der Waals surface area contributed by atoms with Gasteiger partial charge in [0, 0.05) is 42.0 Å². The molecule has 0 amide bonds. The third kappa shape index (κ3) is 2.27. The number of aromatic hydroxyl groups is 1. The Bertz CT molecular complexity index is 746. The van der Waals surface area contributed by atoms with Crippen LogP contribution in [0.3, 0.4) is 0 Å². The Hall–Kier alpha value is -1.33. The first-order chi connectivity index (χ1) is 10.2. The number of halogens is 5. The standard InChI is InChI=1S/C15H12Cl2F3NO/c1-21-6-8(14(16)17)13-10(21)5-11(22)7-3-2-4-9(12(7)13)15(18,19)20/h2-5,8,14,22H,6H2,1H3. The highest BCUT2D eigenvalue weighted by molar-refractivity contribution is 6.45. The van der Waals surface area contributed by atoms with E-state index in [9.17, 15) is 18.3 Å². The number of nitrogens with zero attached hydrogens (tertiary/aromatic N) is 1. The minimum Gasteiger partial charge on any atom is -0.507 e. The number of fused-ring (bicyclic) bond motifs is 3. The molecule has 0 fully saturated rings. The van der Waals surface area contributed by atoms with Crippen LogP contribution in [0.25, 0.3) is 10.8 Å². The van der Waals surface area contributed by atoms with Gasteiger partial charge in [-0.15, -0.1) is 23.2 Å². The Kier molecular flexibility index (Phi) is 3.61. The van der Waals surface area contributed by atoms with Gasteiger partial charge in [0.15, 0.2) is 0 Å². The summed E-state index contributed by atoms with van der Waals surface area (Å²) in [5.74, 6) is -0.636. The lowest BCUT2D eigenvalue weighted by molar-refractivity contribution is -0.136. The quantitative estimate of drug-likeness (QED) is 0.740. The fourth-order valence-corrected chi connectivity index (χ4v) is 3.50. The molecule has 7 heteroatoms. The van der Waals surface area contributed by atoms with Crippen molar-refractivity contribution in [1.29, 1.82) is 0 Å². The molecular formula is C15H12Cl2F3NO. The van der Waals surface area contributed by atoms with E-state index in [0.29, 0.717) is 17.8 Å². The molecule has 1 aliphatic heterocycles. The van der Waals surface area contributed by atoms with Gasteiger partial charge in [-0.3, -0.25) is 0 Å². The first-order valence-electron chi connectivity index (χ1n) is 6.57. The number of hydrogen-bond donors (Lipinski definition) is 1. The summed E-state index contributed by atoms with van der Waals surface area (Å²) in [5, 5.41) is 10.2. The van der Waals surface area contributed by atoms with Gasteiger partial charge in [-0.05, 0) is 11.6 Å². The van der Waals surface area contributed by atoms with Crippen LogP contribution in [0.15, 0.2) is 24.3 Å². The lowest BCUT2D eigenvalue weighted by Gasteiger charge is -2.18. The van der Waals surface area contributed by atoms with Crippen LogP contribution >= 0.6 is 23.2 Å². The van der Waals surface area contributed by atoms with Crippen LogP contribution in [0, 0.1) is 0 Å². The van der Waals surface area contributed by atoms with Gasteiger partial charge in [0.1, 0.15) is 10.6 Å². The molecule has 1 atom stereocenters. The zero-order valence-corrected chi connectivity index (χ0v) is 13.0. The normalized spacial score (nSPS) is 18.3. The molecule has 1 N–H and O–H groups in total. The van der Waals surface area contributed by atoms with Crippen molar-refractivity contribution >= 4 is 39.7 Å². The molecule has 2 aromatic carbocycles. The highest BCUT2D eigenvalue weighted by Gasteiger charge is 2.39. The van der Waals surface area contributed by atoms with E-state index in [0.717, 1.165) is 6.07 Å². The molecule has 118 valence electrons. The van der Waals surface area contributed by atoms with Gasteiger partial charge in [-0.2, -0.15) is 13.2 Å². The summed E-state index contributed by atoms with van der Waals surface area (Å²) in [4.78, 5) is 0.919. The van der Waals surface area contributed by atoms with Crippen molar-refractivity contribution in [3.05, 3.63) is 35.4 Å². The number of anilines is 1. The molecule has 3 rings (SSSR count). The van der Waals surface area contributed by atoms with Crippen molar-refractivity contribution in [2.45, 2.75) is 16.9 Å². The minimum atomic E-state index is -4.53. The topological polar surface area (TPSA) is 23.5 Å². The number of benzene rings is 2. The van der Waals surface area contributed by atoms with E-state index in [-0.39, 0.29) is 16.5 Å². The zero-order chi connectivity index (χ0) is 16.2. The molecule has 2 nitrogen and oxygen atoms in total. The van der Waals surface area contributed by atoms with Crippen molar-refractivity contribution < 1.29 is 18.3 Å². The molecule has 0 radical (unpaired) electrons. The van der Waals surface area contributed by atoms with E-state index in [2.05, 4.69) is 0 Å². The number of rotatable bonds is 1. The van der Waals surface area contributed by atoms with Crippen molar-refractivity contribution in [1.82, 2.24) is 0 Å². The van der Waals surface area contributed by atoms with Crippen molar-refractivity contribution in [2.24, 2.45) is 0 Å². The predicted molar refractivity (Wildman–Crippen MR) is 82.1 cm³/mol. The molecule has 22 heavy (non-hydrogen) atoms. The first-order valence-corrected chi connectivity index (χ1v) is 7.44. The summed E-state index contributed by atoms with van der Waals surface area (Å²) in [6.07, 6.45) is -4.53. The summed E-state index contributed by atoms with van der Waals surface area (Å²) in [7, 11) is 1.73. The van der Waals surface area contributed by atoms with Gasteiger partial charge in [-0.25, -0.2) is 0 Å². The van der Waals surface area contributed by atoms with Crippen LogP contribution in [0.5, 0.6) is 5.75 Å². The lowest BCUT2D eigenvalue weighted by Crippen LogP contribution is -2.18. The second kappa shape index (κ2) is 5.10. The number of alkyl halides is 5. The van der Waals surface area contributed by atoms with Crippen LogP contribution in [-0.2, 0) is 6.18 Å². The number of phenolic OH excluding ortho intramolecular Hbond substituents is 1. The summed E-state index contributed by atoms with van der Waals surface area (Å²) >= 11 is 12.0. The maximum atomic E-state index is 13.4. The van der Waals surface area contributed by atoms with E-state index in [1.165, 1.54) is 18.2 Å². The second-order valence-electron chi connectivity index (χ2n) is 5.38. The van der Waals surface area contributed by atoms with Gasteiger partial charge < -0.3 is 10.0 Å². The third-order valence-electron chi connectivity index (χ3n) is 4.02.